The molecule has 0 bridgehead atoms. The van der Waals surface area contributed by atoms with Gasteiger partial charge in [0.25, 0.3) is 5.91 Å². The Morgan fingerprint density at radius 1 is 1.47 bits per heavy atom. The van der Waals surface area contributed by atoms with Crippen molar-refractivity contribution in [2.24, 2.45) is 0 Å². The highest BCUT2D eigenvalue weighted by Crippen LogP contribution is 2.03. The van der Waals surface area contributed by atoms with Crippen LogP contribution in [0.2, 0.25) is 0 Å². The molecule has 0 fully saturated rings. The van der Waals surface area contributed by atoms with Crippen molar-refractivity contribution in [1.29, 1.82) is 0 Å². The molecule has 1 rings (SSSR count). The average molecular weight is 201 g/mol. The zero-order valence-electron chi connectivity index (χ0n) is 9.08. The Kier molecular flexibility index (Phi) is 3.93. The van der Waals surface area contributed by atoms with E-state index in [2.05, 4.69) is 11.2 Å². The van der Waals surface area contributed by atoms with Crippen molar-refractivity contribution in [2.75, 3.05) is 0 Å². The molecule has 1 aromatic rings. The second-order valence-corrected chi connectivity index (χ2v) is 3.65. The summed E-state index contributed by atoms with van der Waals surface area (Å²) in [6, 6.07) is 7.48. The van der Waals surface area contributed by atoms with Gasteiger partial charge < -0.3 is 5.32 Å². The predicted molar refractivity (Wildman–Crippen MR) is 61.6 cm³/mol. The molecule has 1 amide bonds. The van der Waals surface area contributed by atoms with Gasteiger partial charge in [-0.25, -0.2) is 0 Å². The fraction of sp³-hybridized carbons (Fsp3) is 0.308. The summed E-state index contributed by atoms with van der Waals surface area (Å²) < 4.78 is 0. The quantitative estimate of drug-likeness (QED) is 0.746. The minimum Gasteiger partial charge on any atom is -0.349 e. The maximum atomic E-state index is 11.7. The van der Waals surface area contributed by atoms with Crippen LogP contribution in [0.5, 0.6) is 0 Å². The van der Waals surface area contributed by atoms with Gasteiger partial charge in [0.05, 0.1) is 0 Å². The second-order valence-electron chi connectivity index (χ2n) is 3.65. The average Bonchev–Trinajstić information content (AvgIpc) is 2.18. The first-order valence-electron chi connectivity index (χ1n) is 4.94. The van der Waals surface area contributed by atoms with Gasteiger partial charge in [-0.05, 0) is 26.0 Å². The molecule has 2 nitrogen and oxygen atoms in total. The van der Waals surface area contributed by atoms with Crippen LogP contribution in [-0.2, 0) is 0 Å². The van der Waals surface area contributed by atoms with Crippen molar-refractivity contribution >= 4 is 5.91 Å². The summed E-state index contributed by atoms with van der Waals surface area (Å²) in [4.78, 5) is 11.7. The topological polar surface area (TPSA) is 29.1 Å². The summed E-state index contributed by atoms with van der Waals surface area (Å²) >= 11 is 0. The number of hydrogen-bond acceptors (Lipinski definition) is 1. The fourth-order valence-electron chi connectivity index (χ4n) is 1.24. The van der Waals surface area contributed by atoms with E-state index < -0.39 is 0 Å². The third-order valence-corrected chi connectivity index (χ3v) is 2.12. The van der Waals surface area contributed by atoms with Gasteiger partial charge in [-0.15, -0.1) is 12.3 Å². The highest BCUT2D eigenvalue weighted by molar-refractivity contribution is 5.94. The van der Waals surface area contributed by atoms with E-state index in [1.54, 1.807) is 0 Å². The van der Waals surface area contributed by atoms with E-state index in [9.17, 15) is 4.79 Å². The lowest BCUT2D eigenvalue weighted by atomic mass is 10.1. The maximum absolute atomic E-state index is 11.7. The van der Waals surface area contributed by atoms with Gasteiger partial charge >= 0.3 is 0 Å². The van der Waals surface area contributed by atoms with Gasteiger partial charge in [0, 0.05) is 18.0 Å². The molecule has 0 saturated carbocycles. The Morgan fingerprint density at radius 2 is 2.07 bits per heavy atom. The van der Waals surface area contributed by atoms with Gasteiger partial charge in [0.2, 0.25) is 0 Å². The predicted octanol–water partition coefficient (Wildman–Crippen LogP) is 2.14. The van der Waals surface area contributed by atoms with Crippen molar-refractivity contribution in [3.8, 4) is 12.3 Å². The Labute approximate surface area is 90.7 Å². The molecule has 0 aliphatic carbocycles. The number of carbonyl (C=O) groups excluding carboxylic acids is 1. The molecule has 1 atom stereocenters. The largest absolute Gasteiger partial charge is 0.349 e. The van der Waals surface area contributed by atoms with E-state index in [0.29, 0.717) is 12.0 Å². The van der Waals surface area contributed by atoms with E-state index in [4.69, 9.17) is 6.42 Å². The fourth-order valence-corrected chi connectivity index (χ4v) is 1.24. The number of amides is 1. The van der Waals surface area contributed by atoms with Crippen LogP contribution in [-0.4, -0.2) is 11.9 Å². The molecule has 2 heteroatoms. The van der Waals surface area contributed by atoms with Gasteiger partial charge in [-0.3, -0.25) is 4.79 Å². The number of rotatable bonds is 3. The standard InChI is InChI=1S/C13H15NO/c1-4-5-11(3)14-13(15)12-8-6-10(2)7-9-12/h1,6-9,11H,5H2,2-3H3,(H,14,15). The summed E-state index contributed by atoms with van der Waals surface area (Å²) in [5, 5.41) is 2.84. The number of terminal acetylenes is 1. The molecular weight excluding hydrogens is 186 g/mol. The SMILES string of the molecule is C#CCC(C)NC(=O)c1ccc(C)cc1. The van der Waals surface area contributed by atoms with Crippen LogP contribution in [0, 0.1) is 19.3 Å². The van der Waals surface area contributed by atoms with Crippen LogP contribution < -0.4 is 5.32 Å². The molecule has 0 saturated heterocycles. The van der Waals surface area contributed by atoms with Crippen LogP contribution in [0.3, 0.4) is 0 Å². The van der Waals surface area contributed by atoms with E-state index in [1.807, 2.05) is 38.1 Å². The van der Waals surface area contributed by atoms with E-state index in [-0.39, 0.29) is 11.9 Å². The molecule has 78 valence electrons. The Bertz CT molecular complexity index is 373. The van der Waals surface area contributed by atoms with Crippen molar-refractivity contribution < 1.29 is 4.79 Å². The van der Waals surface area contributed by atoms with Crippen LogP contribution in [0.25, 0.3) is 0 Å². The molecule has 1 unspecified atom stereocenters. The third-order valence-electron chi connectivity index (χ3n) is 2.12. The number of carbonyl (C=O) groups is 1. The molecule has 1 aromatic carbocycles. The Hall–Kier alpha value is -1.75. The molecule has 0 aromatic heterocycles. The van der Waals surface area contributed by atoms with Gasteiger partial charge in [-0.1, -0.05) is 17.7 Å². The van der Waals surface area contributed by atoms with Crippen molar-refractivity contribution in [3.63, 3.8) is 0 Å². The van der Waals surface area contributed by atoms with Gasteiger partial charge in [0.1, 0.15) is 0 Å². The Balaban J connectivity index is 2.62. The summed E-state index contributed by atoms with van der Waals surface area (Å²) in [5.41, 5.74) is 1.81. The van der Waals surface area contributed by atoms with Crippen LogP contribution >= 0.6 is 0 Å². The molecule has 1 N–H and O–H groups in total. The Morgan fingerprint density at radius 3 is 2.60 bits per heavy atom. The molecule has 0 radical (unpaired) electrons. The summed E-state index contributed by atoms with van der Waals surface area (Å²) in [6.07, 6.45) is 5.72. The van der Waals surface area contributed by atoms with Gasteiger partial charge in [0.15, 0.2) is 0 Å². The van der Waals surface area contributed by atoms with Crippen molar-refractivity contribution in [2.45, 2.75) is 26.3 Å². The van der Waals surface area contributed by atoms with Crippen molar-refractivity contribution in [3.05, 3.63) is 35.4 Å². The lowest BCUT2D eigenvalue weighted by Crippen LogP contribution is -2.32. The van der Waals surface area contributed by atoms with Crippen molar-refractivity contribution in [1.82, 2.24) is 5.32 Å². The monoisotopic (exact) mass is 201 g/mol. The minimum atomic E-state index is -0.0715. The summed E-state index contributed by atoms with van der Waals surface area (Å²) in [7, 11) is 0. The number of hydrogen-bond donors (Lipinski definition) is 1. The zero-order chi connectivity index (χ0) is 11.3. The molecule has 0 aliphatic heterocycles. The van der Waals surface area contributed by atoms with Gasteiger partial charge in [-0.2, -0.15) is 0 Å². The first-order valence-corrected chi connectivity index (χ1v) is 4.94. The number of benzene rings is 1. The third kappa shape index (κ3) is 3.47. The second kappa shape index (κ2) is 5.21. The highest BCUT2D eigenvalue weighted by Gasteiger charge is 2.07. The van der Waals surface area contributed by atoms with E-state index in [1.165, 1.54) is 0 Å². The molecular formula is C13H15NO. The zero-order valence-corrected chi connectivity index (χ0v) is 9.08. The molecule has 0 spiro atoms. The first-order chi connectivity index (χ1) is 7.13. The minimum absolute atomic E-state index is 0.0174. The molecule has 0 aliphatic rings. The first kappa shape index (κ1) is 11.3. The lowest BCUT2D eigenvalue weighted by molar-refractivity contribution is 0.0941. The lowest BCUT2D eigenvalue weighted by Gasteiger charge is -2.10. The maximum Gasteiger partial charge on any atom is 0.251 e. The van der Waals surface area contributed by atoms with Crippen LogP contribution in [0.4, 0.5) is 0 Å². The smallest absolute Gasteiger partial charge is 0.251 e. The van der Waals surface area contributed by atoms with Crippen LogP contribution in [0.15, 0.2) is 24.3 Å². The number of aryl methyl sites for hydroxylation is 1. The molecule has 15 heavy (non-hydrogen) atoms. The van der Waals surface area contributed by atoms with E-state index >= 15 is 0 Å². The summed E-state index contributed by atoms with van der Waals surface area (Å²) in [6.45, 7) is 3.88. The van der Waals surface area contributed by atoms with E-state index in [0.717, 1.165) is 5.56 Å². The number of nitrogens with one attached hydrogen (secondary N) is 1. The molecule has 0 heterocycles. The highest BCUT2D eigenvalue weighted by atomic mass is 16.1. The van der Waals surface area contributed by atoms with Crippen LogP contribution in [0.1, 0.15) is 29.3 Å². The summed E-state index contributed by atoms with van der Waals surface area (Å²) in [5.74, 6) is 2.45. The normalized spacial score (nSPS) is 11.5.